The molecule has 0 aromatic heterocycles. The molecule has 0 saturated heterocycles. The highest BCUT2D eigenvalue weighted by atomic mass is 35.5. The van der Waals surface area contributed by atoms with Crippen LogP contribution in [0.25, 0.3) is 11.1 Å². The fourth-order valence-electron chi connectivity index (χ4n) is 3.34. The Morgan fingerprint density at radius 1 is 1.00 bits per heavy atom. The number of amides is 1. The van der Waals surface area contributed by atoms with Crippen LogP contribution in [0.4, 0.5) is 13.2 Å². The lowest BCUT2D eigenvalue weighted by Gasteiger charge is -2.22. The largest absolute Gasteiger partial charge is 0.416 e. The van der Waals surface area contributed by atoms with Crippen LogP contribution in [0.3, 0.4) is 0 Å². The van der Waals surface area contributed by atoms with Crippen molar-refractivity contribution < 1.29 is 26.4 Å². The van der Waals surface area contributed by atoms with Crippen LogP contribution in [0.5, 0.6) is 0 Å². The predicted octanol–water partition coefficient (Wildman–Crippen LogP) is 5.87. The second-order valence-corrected chi connectivity index (χ2v) is 9.96. The molecule has 1 N–H and O–H groups in total. The van der Waals surface area contributed by atoms with E-state index in [-0.39, 0.29) is 17.1 Å². The van der Waals surface area contributed by atoms with Gasteiger partial charge in [0.15, 0.2) is 0 Å². The van der Waals surface area contributed by atoms with E-state index in [1.807, 2.05) is 0 Å². The molecule has 10 heteroatoms. The standard InChI is InChI=1S/C25H22ClF3N2O3S/c1-3-23(31(2)35(33,34)22-13-11-21(26)12-14-22)24(32)30-16-17-5-4-6-19(15-17)18-7-9-20(10-8-18)25(27,28)29/h3-15H,16H2,1-2H3,(H,30,32). The van der Waals surface area contributed by atoms with Gasteiger partial charge in [-0.2, -0.15) is 13.2 Å². The normalized spacial score (nSPS) is 12.3. The maximum absolute atomic E-state index is 12.9. The van der Waals surface area contributed by atoms with E-state index in [2.05, 4.69) is 5.32 Å². The van der Waals surface area contributed by atoms with E-state index in [1.165, 1.54) is 49.5 Å². The molecule has 0 heterocycles. The molecule has 0 spiro atoms. The van der Waals surface area contributed by atoms with Crippen molar-refractivity contribution in [2.45, 2.75) is 24.5 Å². The van der Waals surface area contributed by atoms with Gasteiger partial charge in [-0.15, -0.1) is 0 Å². The van der Waals surface area contributed by atoms with E-state index < -0.39 is 27.7 Å². The van der Waals surface area contributed by atoms with Crippen LogP contribution in [0.1, 0.15) is 18.1 Å². The van der Waals surface area contributed by atoms with Crippen molar-refractivity contribution in [1.82, 2.24) is 9.62 Å². The van der Waals surface area contributed by atoms with E-state index in [0.717, 1.165) is 16.4 Å². The summed E-state index contributed by atoms with van der Waals surface area (Å²) in [6.07, 6.45) is -3.02. The third-order valence-electron chi connectivity index (χ3n) is 5.24. The Balaban J connectivity index is 1.72. The van der Waals surface area contributed by atoms with Gasteiger partial charge in [-0.1, -0.05) is 48.0 Å². The molecule has 0 radical (unpaired) electrons. The number of halogens is 4. The molecular weight excluding hydrogens is 501 g/mol. The minimum absolute atomic E-state index is 0.0132. The van der Waals surface area contributed by atoms with Crippen LogP contribution >= 0.6 is 11.6 Å². The van der Waals surface area contributed by atoms with Crippen LogP contribution in [0.15, 0.2) is 89.5 Å². The molecule has 0 aliphatic rings. The van der Waals surface area contributed by atoms with Gasteiger partial charge in [0.05, 0.1) is 10.5 Å². The SMILES string of the molecule is CC=C(C(=O)NCc1cccc(-c2ccc(C(F)(F)F)cc2)c1)N(C)S(=O)(=O)c1ccc(Cl)cc1. The van der Waals surface area contributed by atoms with Crippen LogP contribution in [-0.4, -0.2) is 25.7 Å². The number of alkyl halides is 3. The minimum atomic E-state index is -4.41. The highest BCUT2D eigenvalue weighted by molar-refractivity contribution is 7.89. The van der Waals surface area contributed by atoms with E-state index in [1.54, 1.807) is 31.2 Å². The van der Waals surface area contributed by atoms with Crippen molar-refractivity contribution in [3.05, 3.63) is 101 Å². The Kier molecular flexibility index (Phi) is 7.92. The number of carbonyl (C=O) groups is 1. The summed E-state index contributed by atoms with van der Waals surface area (Å²) in [5, 5.41) is 3.07. The summed E-state index contributed by atoms with van der Waals surface area (Å²) < 4.78 is 65.1. The van der Waals surface area contributed by atoms with Gasteiger partial charge < -0.3 is 5.32 Å². The average molecular weight is 523 g/mol. The zero-order chi connectivity index (χ0) is 25.8. The molecule has 0 fully saturated rings. The molecule has 3 rings (SSSR count). The zero-order valence-electron chi connectivity index (χ0n) is 18.8. The first-order valence-corrected chi connectivity index (χ1v) is 12.2. The summed E-state index contributed by atoms with van der Waals surface area (Å²) in [6.45, 7) is 1.63. The summed E-state index contributed by atoms with van der Waals surface area (Å²) in [5.41, 5.74) is 1.16. The number of nitrogens with zero attached hydrogens (tertiary/aromatic N) is 1. The molecule has 184 valence electrons. The lowest BCUT2D eigenvalue weighted by atomic mass is 10.0. The van der Waals surface area contributed by atoms with Crippen LogP contribution in [0.2, 0.25) is 5.02 Å². The van der Waals surface area contributed by atoms with Gasteiger partial charge >= 0.3 is 6.18 Å². The van der Waals surface area contributed by atoms with Gasteiger partial charge in [-0.05, 0) is 66.1 Å². The summed E-state index contributed by atoms with van der Waals surface area (Å²) in [4.78, 5) is 12.8. The highest BCUT2D eigenvalue weighted by Gasteiger charge is 2.30. The average Bonchev–Trinajstić information content (AvgIpc) is 2.83. The maximum atomic E-state index is 12.9. The summed E-state index contributed by atoms with van der Waals surface area (Å²) in [5.74, 6) is -0.604. The maximum Gasteiger partial charge on any atom is 0.416 e. The van der Waals surface area contributed by atoms with Crippen molar-refractivity contribution in [1.29, 1.82) is 0 Å². The second kappa shape index (κ2) is 10.5. The molecule has 0 aliphatic heterocycles. The third kappa shape index (κ3) is 6.23. The number of hydrogen-bond acceptors (Lipinski definition) is 3. The molecule has 0 atom stereocenters. The van der Waals surface area contributed by atoms with Gasteiger partial charge in [0.25, 0.3) is 15.9 Å². The molecule has 35 heavy (non-hydrogen) atoms. The van der Waals surface area contributed by atoms with Crippen molar-refractivity contribution in [2.75, 3.05) is 7.05 Å². The van der Waals surface area contributed by atoms with Crippen LogP contribution in [-0.2, 0) is 27.5 Å². The molecule has 3 aromatic rings. The van der Waals surface area contributed by atoms with E-state index in [4.69, 9.17) is 11.6 Å². The Morgan fingerprint density at radius 3 is 2.20 bits per heavy atom. The molecule has 0 bridgehead atoms. The Bertz CT molecular complexity index is 1340. The quantitative estimate of drug-likeness (QED) is 0.395. The van der Waals surface area contributed by atoms with Crippen LogP contribution < -0.4 is 5.32 Å². The number of carbonyl (C=O) groups excluding carboxylic acids is 1. The monoisotopic (exact) mass is 522 g/mol. The third-order valence-corrected chi connectivity index (χ3v) is 7.28. The molecule has 5 nitrogen and oxygen atoms in total. The number of benzene rings is 3. The molecule has 0 aliphatic carbocycles. The van der Waals surface area contributed by atoms with E-state index in [9.17, 15) is 26.4 Å². The van der Waals surface area contributed by atoms with Crippen LogP contribution in [0, 0.1) is 0 Å². The van der Waals surface area contributed by atoms with E-state index in [0.29, 0.717) is 21.7 Å². The van der Waals surface area contributed by atoms with Crippen molar-refractivity contribution >= 4 is 27.5 Å². The minimum Gasteiger partial charge on any atom is -0.347 e. The fraction of sp³-hybridized carbons (Fsp3) is 0.160. The topological polar surface area (TPSA) is 66.5 Å². The molecule has 1 amide bonds. The van der Waals surface area contributed by atoms with Gasteiger partial charge in [-0.25, -0.2) is 8.42 Å². The Labute approximate surface area is 206 Å². The van der Waals surface area contributed by atoms with Crippen molar-refractivity contribution in [3.8, 4) is 11.1 Å². The van der Waals surface area contributed by atoms with Gasteiger partial charge in [0.1, 0.15) is 5.70 Å². The van der Waals surface area contributed by atoms with Gasteiger partial charge in [0.2, 0.25) is 0 Å². The van der Waals surface area contributed by atoms with Gasteiger partial charge in [0, 0.05) is 18.6 Å². The summed E-state index contributed by atoms with van der Waals surface area (Å²) in [7, 11) is -2.70. The van der Waals surface area contributed by atoms with E-state index >= 15 is 0 Å². The number of likely N-dealkylation sites (N-methyl/N-ethyl adjacent to an activating group) is 1. The van der Waals surface area contributed by atoms with Crippen molar-refractivity contribution in [2.24, 2.45) is 0 Å². The molecule has 0 unspecified atom stereocenters. The number of sulfonamides is 1. The first-order chi connectivity index (χ1) is 16.4. The van der Waals surface area contributed by atoms with Gasteiger partial charge in [-0.3, -0.25) is 9.10 Å². The molecule has 3 aromatic carbocycles. The highest BCUT2D eigenvalue weighted by Crippen LogP contribution is 2.31. The zero-order valence-corrected chi connectivity index (χ0v) is 20.4. The summed E-state index contributed by atoms with van der Waals surface area (Å²) in [6, 6.07) is 17.4. The lowest BCUT2D eigenvalue weighted by molar-refractivity contribution is -0.137. The Hall–Kier alpha value is -3.30. The number of rotatable bonds is 7. The first-order valence-electron chi connectivity index (χ1n) is 10.4. The summed E-state index contributed by atoms with van der Waals surface area (Å²) >= 11 is 5.83. The fourth-order valence-corrected chi connectivity index (χ4v) is 4.70. The molecular formula is C25H22ClF3N2O3S. The number of hydrogen-bond donors (Lipinski definition) is 1. The first kappa shape index (κ1) is 26.3. The lowest BCUT2D eigenvalue weighted by Crippen LogP contribution is -2.36. The smallest absolute Gasteiger partial charge is 0.347 e. The second-order valence-electron chi connectivity index (χ2n) is 7.56. The number of allylic oxidation sites excluding steroid dienone is 1. The Morgan fingerprint density at radius 2 is 1.63 bits per heavy atom. The van der Waals surface area contributed by atoms with Crippen molar-refractivity contribution in [3.63, 3.8) is 0 Å². The predicted molar refractivity (Wildman–Crippen MR) is 129 cm³/mol. The molecule has 0 saturated carbocycles. The number of nitrogens with one attached hydrogen (secondary N) is 1.